The average Bonchev–Trinajstić information content (AvgIpc) is 2.75. The first-order chi connectivity index (χ1) is 13.7. The third-order valence-electron chi connectivity index (χ3n) is 4.05. The topological polar surface area (TPSA) is 94.6 Å². The van der Waals surface area contributed by atoms with E-state index >= 15 is 0 Å². The number of methoxy groups -OCH3 is 1. The van der Waals surface area contributed by atoms with E-state index in [1.165, 1.54) is 12.4 Å². The van der Waals surface area contributed by atoms with E-state index in [1.807, 2.05) is 24.3 Å². The molecule has 3 aromatic rings. The van der Waals surface area contributed by atoms with Gasteiger partial charge in [0.1, 0.15) is 30.5 Å². The van der Waals surface area contributed by atoms with Crippen LogP contribution in [0.25, 0.3) is 0 Å². The summed E-state index contributed by atoms with van der Waals surface area (Å²) in [5.74, 6) is 2.20. The first-order valence-electron chi connectivity index (χ1n) is 8.65. The second kappa shape index (κ2) is 7.83. The number of rotatable bonds is 5. The third kappa shape index (κ3) is 3.96. The van der Waals surface area contributed by atoms with Crippen molar-refractivity contribution in [3.05, 3.63) is 60.6 Å². The van der Waals surface area contributed by atoms with Crippen molar-refractivity contribution >= 4 is 23.1 Å². The SMILES string of the molecule is COc1ccc(Nc2cnc(C(=O)Nc3ccc4c(c3)OCCO4)cn2)cc1. The summed E-state index contributed by atoms with van der Waals surface area (Å²) in [6, 6.07) is 12.6. The van der Waals surface area contributed by atoms with E-state index in [1.54, 1.807) is 25.3 Å². The number of nitrogens with one attached hydrogen (secondary N) is 2. The maximum Gasteiger partial charge on any atom is 0.275 e. The molecule has 1 aliphatic rings. The molecule has 0 atom stereocenters. The molecule has 8 heteroatoms. The van der Waals surface area contributed by atoms with Gasteiger partial charge < -0.3 is 24.8 Å². The van der Waals surface area contributed by atoms with Crippen molar-refractivity contribution < 1.29 is 19.0 Å². The van der Waals surface area contributed by atoms with Crippen molar-refractivity contribution in [2.75, 3.05) is 31.0 Å². The second-order valence-electron chi connectivity index (χ2n) is 5.95. The van der Waals surface area contributed by atoms with Crippen molar-refractivity contribution in [3.8, 4) is 17.2 Å². The molecule has 0 aliphatic carbocycles. The number of nitrogens with zero attached hydrogens (tertiary/aromatic N) is 2. The molecule has 1 aliphatic heterocycles. The largest absolute Gasteiger partial charge is 0.497 e. The number of hydrogen-bond acceptors (Lipinski definition) is 7. The van der Waals surface area contributed by atoms with Crippen LogP contribution >= 0.6 is 0 Å². The summed E-state index contributed by atoms with van der Waals surface area (Å²) in [4.78, 5) is 20.8. The van der Waals surface area contributed by atoms with E-state index in [9.17, 15) is 4.79 Å². The molecule has 0 bridgehead atoms. The molecule has 0 saturated heterocycles. The van der Waals surface area contributed by atoms with E-state index in [0.717, 1.165) is 11.4 Å². The van der Waals surface area contributed by atoms with Crippen molar-refractivity contribution in [1.82, 2.24) is 9.97 Å². The second-order valence-corrected chi connectivity index (χ2v) is 5.95. The van der Waals surface area contributed by atoms with Gasteiger partial charge in [0.15, 0.2) is 11.5 Å². The molecular weight excluding hydrogens is 360 g/mol. The van der Waals surface area contributed by atoms with Gasteiger partial charge >= 0.3 is 0 Å². The van der Waals surface area contributed by atoms with E-state index in [-0.39, 0.29) is 11.6 Å². The Hall–Kier alpha value is -3.81. The average molecular weight is 378 g/mol. The molecule has 8 nitrogen and oxygen atoms in total. The normalized spacial score (nSPS) is 12.2. The maximum atomic E-state index is 12.4. The van der Waals surface area contributed by atoms with Gasteiger partial charge in [0.25, 0.3) is 5.91 Å². The lowest BCUT2D eigenvalue weighted by Crippen LogP contribution is -2.17. The van der Waals surface area contributed by atoms with Crippen LogP contribution in [0.5, 0.6) is 17.2 Å². The van der Waals surface area contributed by atoms with Crippen molar-refractivity contribution in [2.24, 2.45) is 0 Å². The molecule has 4 rings (SSSR count). The zero-order valence-corrected chi connectivity index (χ0v) is 15.1. The van der Waals surface area contributed by atoms with E-state index < -0.39 is 0 Å². The molecule has 0 saturated carbocycles. The number of carbonyl (C=O) groups excluding carboxylic acids is 1. The van der Waals surface area contributed by atoms with Gasteiger partial charge in [-0.1, -0.05) is 0 Å². The van der Waals surface area contributed by atoms with Crippen LogP contribution in [-0.2, 0) is 0 Å². The number of benzene rings is 2. The molecular formula is C20H18N4O4. The summed E-state index contributed by atoms with van der Waals surface area (Å²) in [7, 11) is 1.61. The monoisotopic (exact) mass is 378 g/mol. The highest BCUT2D eigenvalue weighted by Crippen LogP contribution is 2.32. The van der Waals surface area contributed by atoms with Crippen molar-refractivity contribution in [3.63, 3.8) is 0 Å². The summed E-state index contributed by atoms with van der Waals surface area (Å²) < 4.78 is 16.1. The lowest BCUT2D eigenvalue weighted by molar-refractivity contribution is 0.102. The fourth-order valence-corrected chi connectivity index (χ4v) is 2.65. The van der Waals surface area contributed by atoms with E-state index in [0.29, 0.717) is 36.2 Å². The van der Waals surface area contributed by atoms with Crippen LogP contribution in [0.1, 0.15) is 10.5 Å². The van der Waals surface area contributed by atoms with Crippen LogP contribution in [0.2, 0.25) is 0 Å². The number of ether oxygens (including phenoxy) is 3. The highest BCUT2D eigenvalue weighted by atomic mass is 16.6. The molecule has 2 N–H and O–H groups in total. The zero-order valence-electron chi connectivity index (χ0n) is 15.1. The fourth-order valence-electron chi connectivity index (χ4n) is 2.65. The Balaban J connectivity index is 1.40. The molecule has 2 heterocycles. The van der Waals surface area contributed by atoms with Crippen LogP contribution in [0, 0.1) is 0 Å². The van der Waals surface area contributed by atoms with Gasteiger partial charge in [-0.15, -0.1) is 0 Å². The summed E-state index contributed by atoms with van der Waals surface area (Å²) >= 11 is 0. The highest BCUT2D eigenvalue weighted by Gasteiger charge is 2.14. The Morgan fingerprint density at radius 3 is 2.43 bits per heavy atom. The Bertz CT molecular complexity index is 975. The molecule has 2 aromatic carbocycles. The predicted molar refractivity (Wildman–Crippen MR) is 104 cm³/mol. The molecule has 0 fully saturated rings. The minimum absolute atomic E-state index is 0.204. The van der Waals surface area contributed by atoms with E-state index in [2.05, 4.69) is 20.6 Å². The van der Waals surface area contributed by atoms with Crippen molar-refractivity contribution in [2.45, 2.75) is 0 Å². The van der Waals surface area contributed by atoms with Gasteiger partial charge in [-0.25, -0.2) is 9.97 Å². The van der Waals surface area contributed by atoms with Crippen LogP contribution < -0.4 is 24.8 Å². The Morgan fingerprint density at radius 1 is 0.964 bits per heavy atom. The number of aromatic nitrogens is 2. The smallest absolute Gasteiger partial charge is 0.275 e. The minimum Gasteiger partial charge on any atom is -0.497 e. The molecule has 0 radical (unpaired) electrons. The van der Waals surface area contributed by atoms with Crippen LogP contribution in [0.4, 0.5) is 17.2 Å². The Morgan fingerprint density at radius 2 is 1.71 bits per heavy atom. The molecule has 0 unspecified atom stereocenters. The van der Waals surface area contributed by atoms with Crippen LogP contribution in [0.3, 0.4) is 0 Å². The lowest BCUT2D eigenvalue weighted by atomic mass is 10.2. The van der Waals surface area contributed by atoms with E-state index in [4.69, 9.17) is 14.2 Å². The summed E-state index contributed by atoms with van der Waals surface area (Å²) in [5, 5.41) is 5.89. The van der Waals surface area contributed by atoms with Gasteiger partial charge in [-0.2, -0.15) is 0 Å². The minimum atomic E-state index is -0.361. The Kier molecular flexibility index (Phi) is 4.92. The number of amides is 1. The number of hydrogen-bond donors (Lipinski definition) is 2. The number of carbonyl (C=O) groups is 1. The molecule has 142 valence electrons. The van der Waals surface area contributed by atoms with Crippen LogP contribution in [-0.4, -0.2) is 36.2 Å². The first kappa shape index (κ1) is 17.6. The summed E-state index contributed by atoms with van der Waals surface area (Å²) in [6.45, 7) is 1.00. The van der Waals surface area contributed by atoms with Gasteiger partial charge in [0.05, 0.1) is 19.5 Å². The molecule has 0 spiro atoms. The number of fused-ring (bicyclic) bond motifs is 1. The maximum absolute atomic E-state index is 12.4. The van der Waals surface area contributed by atoms with Gasteiger partial charge in [-0.05, 0) is 36.4 Å². The lowest BCUT2D eigenvalue weighted by Gasteiger charge is -2.18. The standard InChI is InChI=1S/C20H18N4O4/c1-26-15-5-2-13(3-6-15)23-19-12-21-16(11-22-19)20(25)24-14-4-7-17-18(10-14)28-9-8-27-17/h2-7,10-12H,8-9H2,1H3,(H,22,23)(H,24,25). The molecule has 28 heavy (non-hydrogen) atoms. The summed E-state index contributed by atoms with van der Waals surface area (Å²) in [6.07, 6.45) is 2.92. The van der Waals surface area contributed by atoms with Crippen LogP contribution in [0.15, 0.2) is 54.9 Å². The van der Waals surface area contributed by atoms with Gasteiger partial charge in [0.2, 0.25) is 0 Å². The summed E-state index contributed by atoms with van der Waals surface area (Å²) in [5.41, 5.74) is 1.63. The fraction of sp³-hybridized carbons (Fsp3) is 0.150. The van der Waals surface area contributed by atoms with Crippen molar-refractivity contribution in [1.29, 1.82) is 0 Å². The highest BCUT2D eigenvalue weighted by molar-refractivity contribution is 6.02. The zero-order chi connectivity index (χ0) is 19.3. The Labute approximate surface area is 161 Å². The predicted octanol–water partition coefficient (Wildman–Crippen LogP) is 3.25. The molecule has 1 aromatic heterocycles. The van der Waals surface area contributed by atoms with Gasteiger partial charge in [0, 0.05) is 17.4 Å². The third-order valence-corrected chi connectivity index (χ3v) is 4.05. The first-order valence-corrected chi connectivity index (χ1v) is 8.65. The van der Waals surface area contributed by atoms with Gasteiger partial charge in [-0.3, -0.25) is 4.79 Å². The quantitative estimate of drug-likeness (QED) is 0.704. The number of anilines is 3. The molecule has 1 amide bonds.